The summed E-state index contributed by atoms with van der Waals surface area (Å²) in [4.78, 5) is 3.99. The summed E-state index contributed by atoms with van der Waals surface area (Å²) in [5.74, 6) is 6.97. The van der Waals surface area contributed by atoms with E-state index in [1.54, 1.807) is 11.3 Å². The number of piperidine rings is 1. The van der Waals surface area contributed by atoms with Gasteiger partial charge in [0.1, 0.15) is 0 Å². The Morgan fingerprint density at radius 3 is 3.21 bits per heavy atom. The zero-order valence-corrected chi connectivity index (χ0v) is 12.5. The standard InChI is InChI=1S/C16H23NOS/c1-2-14-7-5-8-17(11-14)12-16-10-15(13-19-16)6-3-4-9-18/h10,13-14,18H,2,4-5,7-9,11-12H2,1H3. The van der Waals surface area contributed by atoms with Crippen LogP contribution in [0.5, 0.6) is 0 Å². The molecule has 0 aromatic carbocycles. The number of likely N-dealkylation sites (tertiary alicyclic amines) is 1. The van der Waals surface area contributed by atoms with Gasteiger partial charge in [-0.2, -0.15) is 0 Å². The number of thiophene rings is 1. The predicted octanol–water partition coefficient (Wildman–Crippen LogP) is 3.10. The molecular formula is C16H23NOS. The van der Waals surface area contributed by atoms with Gasteiger partial charge in [0.05, 0.1) is 6.61 Å². The van der Waals surface area contributed by atoms with Crippen LogP contribution in [0.25, 0.3) is 0 Å². The minimum Gasteiger partial charge on any atom is -0.395 e. The van der Waals surface area contributed by atoms with Crippen molar-refractivity contribution in [3.63, 3.8) is 0 Å². The van der Waals surface area contributed by atoms with Crippen LogP contribution >= 0.6 is 11.3 Å². The van der Waals surface area contributed by atoms with Gasteiger partial charge in [0.2, 0.25) is 0 Å². The third-order valence-corrected chi connectivity index (χ3v) is 4.60. The fourth-order valence-electron chi connectivity index (χ4n) is 2.60. The molecular weight excluding hydrogens is 254 g/mol. The molecule has 0 spiro atoms. The van der Waals surface area contributed by atoms with Crippen molar-refractivity contribution in [1.29, 1.82) is 0 Å². The highest BCUT2D eigenvalue weighted by Gasteiger charge is 2.18. The highest BCUT2D eigenvalue weighted by atomic mass is 32.1. The van der Waals surface area contributed by atoms with E-state index in [1.807, 2.05) is 0 Å². The molecule has 1 fully saturated rings. The molecule has 104 valence electrons. The first-order valence-corrected chi connectivity index (χ1v) is 8.09. The number of hydrogen-bond donors (Lipinski definition) is 1. The molecule has 0 saturated carbocycles. The fraction of sp³-hybridized carbons (Fsp3) is 0.625. The van der Waals surface area contributed by atoms with Crippen LogP contribution in [0.15, 0.2) is 11.4 Å². The quantitative estimate of drug-likeness (QED) is 0.855. The summed E-state index contributed by atoms with van der Waals surface area (Å²) in [5, 5.41) is 10.8. The van der Waals surface area contributed by atoms with Gasteiger partial charge in [-0.25, -0.2) is 0 Å². The molecule has 0 amide bonds. The second-order valence-electron chi connectivity index (χ2n) is 5.23. The van der Waals surface area contributed by atoms with Crippen molar-refractivity contribution in [2.24, 2.45) is 5.92 Å². The van der Waals surface area contributed by atoms with Gasteiger partial charge in [0, 0.05) is 35.3 Å². The van der Waals surface area contributed by atoms with Gasteiger partial charge < -0.3 is 5.11 Å². The number of nitrogens with zero attached hydrogens (tertiary/aromatic N) is 1. The van der Waals surface area contributed by atoms with E-state index in [2.05, 4.69) is 35.1 Å². The first-order valence-electron chi connectivity index (χ1n) is 7.21. The number of aliphatic hydroxyl groups is 1. The summed E-state index contributed by atoms with van der Waals surface area (Å²) in [7, 11) is 0. The molecule has 1 aliphatic rings. The zero-order chi connectivity index (χ0) is 13.5. The minimum absolute atomic E-state index is 0.149. The first-order chi connectivity index (χ1) is 9.31. The molecule has 0 radical (unpaired) electrons. The molecule has 1 aromatic heterocycles. The van der Waals surface area contributed by atoms with Gasteiger partial charge in [0.25, 0.3) is 0 Å². The molecule has 1 saturated heterocycles. The minimum atomic E-state index is 0.149. The summed E-state index contributed by atoms with van der Waals surface area (Å²) >= 11 is 1.80. The Labute approximate surface area is 120 Å². The van der Waals surface area contributed by atoms with Crippen LogP contribution in [0.2, 0.25) is 0 Å². The molecule has 19 heavy (non-hydrogen) atoms. The van der Waals surface area contributed by atoms with Crippen molar-refractivity contribution < 1.29 is 5.11 Å². The van der Waals surface area contributed by atoms with Gasteiger partial charge in [-0.15, -0.1) is 11.3 Å². The highest BCUT2D eigenvalue weighted by molar-refractivity contribution is 7.10. The maximum absolute atomic E-state index is 8.71. The Kier molecular flexibility index (Phi) is 5.91. The Hall–Kier alpha value is -0.820. The van der Waals surface area contributed by atoms with Crippen molar-refractivity contribution in [2.75, 3.05) is 19.7 Å². The largest absolute Gasteiger partial charge is 0.395 e. The van der Waals surface area contributed by atoms with Gasteiger partial charge in [-0.3, -0.25) is 4.90 Å². The van der Waals surface area contributed by atoms with Crippen molar-refractivity contribution in [3.05, 3.63) is 21.9 Å². The second kappa shape index (κ2) is 7.69. The van der Waals surface area contributed by atoms with E-state index >= 15 is 0 Å². The van der Waals surface area contributed by atoms with Gasteiger partial charge in [-0.1, -0.05) is 25.2 Å². The maximum Gasteiger partial charge on any atom is 0.0540 e. The lowest BCUT2D eigenvalue weighted by Crippen LogP contribution is -2.34. The third kappa shape index (κ3) is 4.65. The van der Waals surface area contributed by atoms with E-state index < -0.39 is 0 Å². The lowest BCUT2D eigenvalue weighted by molar-refractivity contribution is 0.166. The normalized spacial score (nSPS) is 20.0. The summed E-state index contributed by atoms with van der Waals surface area (Å²) in [6.45, 7) is 6.01. The molecule has 1 aromatic rings. The Morgan fingerprint density at radius 1 is 1.53 bits per heavy atom. The second-order valence-corrected chi connectivity index (χ2v) is 6.22. The van der Waals surface area contributed by atoms with E-state index in [-0.39, 0.29) is 6.61 Å². The topological polar surface area (TPSA) is 23.5 Å². The number of rotatable bonds is 4. The summed E-state index contributed by atoms with van der Waals surface area (Å²) in [6, 6.07) is 2.20. The molecule has 1 aliphatic heterocycles. The van der Waals surface area contributed by atoms with E-state index in [4.69, 9.17) is 5.11 Å². The third-order valence-electron chi connectivity index (χ3n) is 3.68. The SMILES string of the molecule is CCC1CCCN(Cc2cc(C#CCCO)cs2)C1. The molecule has 1 N–H and O–H groups in total. The van der Waals surface area contributed by atoms with Crippen molar-refractivity contribution in [1.82, 2.24) is 4.90 Å². The monoisotopic (exact) mass is 277 g/mol. The number of hydrogen-bond acceptors (Lipinski definition) is 3. The van der Waals surface area contributed by atoms with Crippen molar-refractivity contribution in [3.8, 4) is 11.8 Å². The molecule has 2 nitrogen and oxygen atoms in total. The summed E-state index contributed by atoms with van der Waals surface area (Å²) in [5.41, 5.74) is 1.09. The van der Waals surface area contributed by atoms with Gasteiger partial charge >= 0.3 is 0 Å². The van der Waals surface area contributed by atoms with Crippen LogP contribution in [0.3, 0.4) is 0 Å². The smallest absolute Gasteiger partial charge is 0.0540 e. The molecule has 1 unspecified atom stereocenters. The fourth-order valence-corrected chi connectivity index (χ4v) is 3.46. The maximum atomic E-state index is 8.71. The van der Waals surface area contributed by atoms with Gasteiger partial charge in [0.15, 0.2) is 0 Å². The molecule has 3 heteroatoms. The Morgan fingerprint density at radius 2 is 2.42 bits per heavy atom. The summed E-state index contributed by atoms with van der Waals surface area (Å²) < 4.78 is 0. The van der Waals surface area contributed by atoms with Crippen LogP contribution in [-0.4, -0.2) is 29.7 Å². The molecule has 0 aliphatic carbocycles. The van der Waals surface area contributed by atoms with Crippen LogP contribution in [0.4, 0.5) is 0 Å². The lowest BCUT2D eigenvalue weighted by atomic mass is 9.96. The van der Waals surface area contributed by atoms with Gasteiger partial charge in [-0.05, 0) is 31.4 Å². The van der Waals surface area contributed by atoms with Crippen LogP contribution in [0.1, 0.15) is 43.0 Å². The van der Waals surface area contributed by atoms with Crippen LogP contribution in [-0.2, 0) is 6.54 Å². The predicted molar refractivity (Wildman–Crippen MR) is 81.2 cm³/mol. The van der Waals surface area contributed by atoms with Crippen LogP contribution < -0.4 is 0 Å². The zero-order valence-electron chi connectivity index (χ0n) is 11.7. The molecule has 2 heterocycles. The molecule has 0 bridgehead atoms. The number of aliphatic hydroxyl groups excluding tert-OH is 1. The van der Waals surface area contributed by atoms with Crippen molar-refractivity contribution >= 4 is 11.3 Å². The highest BCUT2D eigenvalue weighted by Crippen LogP contribution is 2.23. The van der Waals surface area contributed by atoms with Crippen LogP contribution in [0, 0.1) is 17.8 Å². The van der Waals surface area contributed by atoms with E-state index in [1.165, 1.54) is 37.2 Å². The van der Waals surface area contributed by atoms with E-state index in [0.717, 1.165) is 18.0 Å². The summed E-state index contributed by atoms with van der Waals surface area (Å²) in [6.07, 6.45) is 4.61. The molecule has 2 rings (SSSR count). The lowest BCUT2D eigenvalue weighted by Gasteiger charge is -2.31. The average molecular weight is 277 g/mol. The van der Waals surface area contributed by atoms with E-state index in [0.29, 0.717) is 6.42 Å². The average Bonchev–Trinajstić information content (AvgIpc) is 2.87. The van der Waals surface area contributed by atoms with Crippen molar-refractivity contribution in [2.45, 2.75) is 39.2 Å². The Balaban J connectivity index is 1.87. The Bertz CT molecular complexity index is 443. The first kappa shape index (κ1) is 14.6. The van der Waals surface area contributed by atoms with E-state index in [9.17, 15) is 0 Å². The molecule has 1 atom stereocenters.